The van der Waals surface area contributed by atoms with Crippen LogP contribution in [0.5, 0.6) is 0 Å². The van der Waals surface area contributed by atoms with Crippen LogP contribution >= 0.6 is 0 Å². The minimum atomic E-state index is 0.369. The van der Waals surface area contributed by atoms with Gasteiger partial charge in [-0.25, -0.2) is 0 Å². The summed E-state index contributed by atoms with van der Waals surface area (Å²) in [4.78, 5) is 7.14. The summed E-state index contributed by atoms with van der Waals surface area (Å²) in [5.74, 6) is 1.61. The van der Waals surface area contributed by atoms with Gasteiger partial charge >= 0.3 is 0 Å². The summed E-state index contributed by atoms with van der Waals surface area (Å²) in [7, 11) is 1.73. The number of guanidine groups is 1. The molecule has 0 bridgehead atoms. The molecule has 0 aromatic carbocycles. The lowest BCUT2D eigenvalue weighted by Crippen LogP contribution is -2.47. The van der Waals surface area contributed by atoms with Crippen LogP contribution in [0, 0.1) is 5.92 Å². The predicted octanol–water partition coefficient (Wildman–Crippen LogP) is 1.91. The van der Waals surface area contributed by atoms with Gasteiger partial charge in [-0.3, -0.25) is 4.99 Å². The molecule has 2 rings (SSSR count). The van der Waals surface area contributed by atoms with Gasteiger partial charge in [0, 0.05) is 65.6 Å². The van der Waals surface area contributed by atoms with Gasteiger partial charge in [0.25, 0.3) is 0 Å². The van der Waals surface area contributed by atoms with Crippen LogP contribution in [0.25, 0.3) is 0 Å². The molecule has 0 amide bonds. The van der Waals surface area contributed by atoms with E-state index in [1.807, 2.05) is 0 Å². The van der Waals surface area contributed by atoms with Crippen LogP contribution in [-0.2, 0) is 18.9 Å². The van der Waals surface area contributed by atoms with Gasteiger partial charge in [0.2, 0.25) is 0 Å². The summed E-state index contributed by atoms with van der Waals surface area (Å²) in [5.41, 5.74) is 0. The molecule has 1 unspecified atom stereocenters. The normalized spacial score (nSPS) is 21.8. The Labute approximate surface area is 164 Å². The van der Waals surface area contributed by atoms with Crippen LogP contribution in [0.3, 0.4) is 0 Å². The van der Waals surface area contributed by atoms with E-state index in [-0.39, 0.29) is 0 Å². The van der Waals surface area contributed by atoms with Gasteiger partial charge in [-0.1, -0.05) is 0 Å². The van der Waals surface area contributed by atoms with Crippen molar-refractivity contribution in [3.63, 3.8) is 0 Å². The van der Waals surface area contributed by atoms with Crippen molar-refractivity contribution < 1.29 is 18.9 Å². The van der Waals surface area contributed by atoms with Gasteiger partial charge in [-0.15, -0.1) is 0 Å². The lowest BCUT2D eigenvalue weighted by Gasteiger charge is -2.34. The van der Waals surface area contributed by atoms with Crippen molar-refractivity contribution in [1.82, 2.24) is 10.2 Å². The molecule has 0 aromatic heterocycles. The lowest BCUT2D eigenvalue weighted by atomic mass is 10.1. The summed E-state index contributed by atoms with van der Waals surface area (Å²) < 4.78 is 22.2. The Morgan fingerprint density at radius 3 is 2.70 bits per heavy atom. The van der Waals surface area contributed by atoms with E-state index in [2.05, 4.69) is 17.1 Å². The monoisotopic (exact) mass is 385 g/mol. The molecule has 7 nitrogen and oxygen atoms in total. The Morgan fingerprint density at radius 1 is 1.15 bits per heavy atom. The lowest BCUT2D eigenvalue weighted by molar-refractivity contribution is 0.00990. The molecule has 2 heterocycles. The maximum Gasteiger partial charge on any atom is 0.193 e. The zero-order valence-electron chi connectivity index (χ0n) is 17.3. The third kappa shape index (κ3) is 9.23. The molecule has 0 spiro atoms. The largest absolute Gasteiger partial charge is 0.385 e. The Kier molecular flexibility index (Phi) is 11.7. The molecule has 27 heavy (non-hydrogen) atoms. The summed E-state index contributed by atoms with van der Waals surface area (Å²) in [6.45, 7) is 10.7. The van der Waals surface area contributed by atoms with Crippen molar-refractivity contribution in [3.05, 3.63) is 0 Å². The zero-order chi connectivity index (χ0) is 19.2. The Morgan fingerprint density at radius 2 is 2.00 bits per heavy atom. The standard InChI is InChI=1S/C20H39N3O4/c1-3-21-20(22-9-4-13-25-16-18-8-15-26-17-18)23-10-6-19(7-11-23)27-14-5-12-24-2/h18-19H,3-17H2,1-2H3,(H,21,22). The average Bonchev–Trinajstić information content (AvgIpc) is 3.21. The molecule has 2 aliphatic rings. The number of ether oxygens (including phenoxy) is 4. The number of hydrogen-bond acceptors (Lipinski definition) is 5. The minimum Gasteiger partial charge on any atom is -0.385 e. The van der Waals surface area contributed by atoms with Gasteiger partial charge in [-0.2, -0.15) is 0 Å². The highest BCUT2D eigenvalue weighted by molar-refractivity contribution is 5.80. The Hall–Kier alpha value is -0.890. The van der Waals surface area contributed by atoms with E-state index in [4.69, 9.17) is 23.9 Å². The topological polar surface area (TPSA) is 64.6 Å². The fraction of sp³-hybridized carbons (Fsp3) is 0.950. The molecule has 1 atom stereocenters. The number of methoxy groups -OCH3 is 1. The maximum atomic E-state index is 5.95. The smallest absolute Gasteiger partial charge is 0.193 e. The zero-order valence-corrected chi connectivity index (χ0v) is 17.3. The number of nitrogens with zero attached hydrogens (tertiary/aromatic N) is 2. The first-order valence-corrected chi connectivity index (χ1v) is 10.6. The molecular formula is C20H39N3O4. The van der Waals surface area contributed by atoms with E-state index in [1.165, 1.54) is 0 Å². The minimum absolute atomic E-state index is 0.369. The van der Waals surface area contributed by atoms with Crippen LogP contribution in [-0.4, -0.2) is 89.9 Å². The van der Waals surface area contributed by atoms with Crippen LogP contribution < -0.4 is 5.32 Å². The van der Waals surface area contributed by atoms with Crippen molar-refractivity contribution in [1.29, 1.82) is 0 Å². The molecule has 2 aliphatic heterocycles. The molecule has 0 aliphatic carbocycles. The molecule has 0 radical (unpaired) electrons. The number of piperidine rings is 1. The van der Waals surface area contributed by atoms with E-state index in [9.17, 15) is 0 Å². The number of nitrogens with one attached hydrogen (secondary N) is 1. The van der Waals surface area contributed by atoms with Crippen molar-refractivity contribution in [3.8, 4) is 0 Å². The van der Waals surface area contributed by atoms with Gasteiger partial charge in [0.05, 0.1) is 19.3 Å². The van der Waals surface area contributed by atoms with E-state index in [1.54, 1.807) is 7.11 Å². The number of rotatable bonds is 12. The Bertz CT molecular complexity index is 395. The molecule has 0 aromatic rings. The van der Waals surface area contributed by atoms with Gasteiger partial charge < -0.3 is 29.2 Å². The second-order valence-electron chi connectivity index (χ2n) is 7.30. The average molecular weight is 386 g/mol. The van der Waals surface area contributed by atoms with Gasteiger partial charge in [0.1, 0.15) is 0 Å². The summed E-state index contributed by atoms with van der Waals surface area (Å²) in [5, 5.41) is 3.42. The number of hydrogen-bond donors (Lipinski definition) is 1. The fourth-order valence-corrected chi connectivity index (χ4v) is 3.43. The van der Waals surface area contributed by atoms with Crippen LogP contribution in [0.4, 0.5) is 0 Å². The SMILES string of the molecule is CCNC(=NCCCOCC1CCOC1)N1CCC(OCCCOC)CC1. The van der Waals surface area contributed by atoms with E-state index in [0.29, 0.717) is 12.0 Å². The highest BCUT2D eigenvalue weighted by Gasteiger charge is 2.21. The van der Waals surface area contributed by atoms with E-state index in [0.717, 1.165) is 104 Å². The highest BCUT2D eigenvalue weighted by Crippen LogP contribution is 2.14. The van der Waals surface area contributed by atoms with Crippen molar-refractivity contribution >= 4 is 5.96 Å². The van der Waals surface area contributed by atoms with Crippen LogP contribution in [0.1, 0.15) is 39.0 Å². The third-order valence-electron chi connectivity index (χ3n) is 5.01. The van der Waals surface area contributed by atoms with Gasteiger partial charge in [0.15, 0.2) is 5.96 Å². The number of aliphatic imine (C=N–C) groups is 1. The van der Waals surface area contributed by atoms with Crippen molar-refractivity contribution in [2.45, 2.75) is 45.1 Å². The molecule has 0 saturated carbocycles. The summed E-state index contributed by atoms with van der Waals surface area (Å²) in [6, 6.07) is 0. The van der Waals surface area contributed by atoms with E-state index >= 15 is 0 Å². The fourth-order valence-electron chi connectivity index (χ4n) is 3.43. The van der Waals surface area contributed by atoms with Crippen LogP contribution in [0.2, 0.25) is 0 Å². The quantitative estimate of drug-likeness (QED) is 0.315. The second kappa shape index (κ2) is 14.2. The highest BCUT2D eigenvalue weighted by atomic mass is 16.5. The first kappa shape index (κ1) is 22.4. The van der Waals surface area contributed by atoms with Crippen molar-refractivity contribution in [2.75, 3.05) is 72.9 Å². The van der Waals surface area contributed by atoms with E-state index < -0.39 is 0 Å². The summed E-state index contributed by atoms with van der Waals surface area (Å²) >= 11 is 0. The Balaban J connectivity index is 1.59. The molecule has 1 N–H and O–H groups in total. The number of likely N-dealkylation sites (tertiary alicyclic amines) is 1. The molecule has 158 valence electrons. The first-order chi connectivity index (χ1) is 13.3. The third-order valence-corrected chi connectivity index (χ3v) is 5.01. The van der Waals surface area contributed by atoms with Crippen LogP contribution in [0.15, 0.2) is 4.99 Å². The summed E-state index contributed by atoms with van der Waals surface area (Å²) in [6.07, 6.45) is 5.55. The van der Waals surface area contributed by atoms with Crippen molar-refractivity contribution in [2.24, 2.45) is 10.9 Å². The molecule has 7 heteroatoms. The van der Waals surface area contributed by atoms with Gasteiger partial charge in [-0.05, 0) is 39.0 Å². The molecule has 2 fully saturated rings. The predicted molar refractivity (Wildman–Crippen MR) is 107 cm³/mol. The first-order valence-electron chi connectivity index (χ1n) is 10.6. The maximum absolute atomic E-state index is 5.95. The second-order valence-corrected chi connectivity index (χ2v) is 7.30. The molecule has 2 saturated heterocycles. The molecular weight excluding hydrogens is 346 g/mol.